The number of rotatable bonds is 0. The van der Waals surface area contributed by atoms with Crippen LogP contribution in [0.4, 0.5) is 0 Å². The largest absolute Gasteiger partial charge is 0.0619 e. The predicted octanol–water partition coefficient (Wildman–Crippen LogP) is 3.08. The molecule has 5 atom stereocenters. The summed E-state index contributed by atoms with van der Waals surface area (Å²) in [7, 11) is 0. The van der Waals surface area contributed by atoms with E-state index in [0.29, 0.717) is 0 Å². The first-order valence-electron chi connectivity index (χ1n) is 4.97. The molecule has 11 heavy (non-hydrogen) atoms. The van der Waals surface area contributed by atoms with Gasteiger partial charge in [-0.15, -0.1) is 0 Å². The van der Waals surface area contributed by atoms with Crippen LogP contribution in [-0.2, 0) is 0 Å². The monoisotopic (exact) mass is 150 g/mol. The molecule has 62 valence electrons. The van der Waals surface area contributed by atoms with E-state index in [-0.39, 0.29) is 0 Å². The van der Waals surface area contributed by atoms with Crippen molar-refractivity contribution in [2.45, 2.75) is 40.5 Å². The normalized spacial score (nSPS) is 77.5. The molecule has 0 saturated heterocycles. The Morgan fingerprint density at radius 2 is 1.73 bits per heavy atom. The Kier molecular flexibility index (Phi) is 0.709. The van der Waals surface area contributed by atoms with Crippen LogP contribution >= 0.6 is 0 Å². The molecule has 0 amide bonds. The van der Waals surface area contributed by atoms with E-state index in [1.165, 1.54) is 12.8 Å². The zero-order valence-electron chi connectivity index (χ0n) is 8.07. The Labute approximate surface area is 69.4 Å². The van der Waals surface area contributed by atoms with E-state index < -0.39 is 0 Å². The molecule has 0 aromatic rings. The van der Waals surface area contributed by atoms with Crippen LogP contribution < -0.4 is 0 Å². The van der Waals surface area contributed by atoms with E-state index in [1.807, 2.05) is 0 Å². The molecular weight excluding hydrogens is 132 g/mol. The fourth-order valence-electron chi connectivity index (χ4n) is 4.80. The van der Waals surface area contributed by atoms with E-state index in [2.05, 4.69) is 27.7 Å². The van der Waals surface area contributed by atoms with Gasteiger partial charge in [-0.05, 0) is 40.9 Å². The lowest BCUT2D eigenvalue weighted by atomic mass is 9.31. The van der Waals surface area contributed by atoms with Gasteiger partial charge in [-0.2, -0.15) is 0 Å². The molecule has 0 N–H and O–H groups in total. The highest BCUT2D eigenvalue weighted by Gasteiger charge is 2.87. The molecule has 5 unspecified atom stereocenters. The Hall–Kier alpha value is 0. The van der Waals surface area contributed by atoms with E-state index in [0.717, 1.165) is 28.1 Å². The minimum atomic E-state index is 0.740. The second-order valence-corrected chi connectivity index (χ2v) is 5.89. The molecule has 0 heteroatoms. The first-order chi connectivity index (χ1) is 4.97. The molecule has 0 spiro atoms. The summed E-state index contributed by atoms with van der Waals surface area (Å²) in [5.74, 6) is 2.11. The van der Waals surface area contributed by atoms with Crippen molar-refractivity contribution < 1.29 is 0 Å². The van der Waals surface area contributed by atoms with Crippen LogP contribution in [0.1, 0.15) is 40.5 Å². The van der Waals surface area contributed by atoms with Crippen molar-refractivity contribution in [3.05, 3.63) is 0 Å². The molecule has 0 aliphatic heterocycles. The second-order valence-electron chi connectivity index (χ2n) is 5.89. The molecule has 3 aliphatic carbocycles. The second kappa shape index (κ2) is 1.20. The summed E-state index contributed by atoms with van der Waals surface area (Å²) in [6, 6.07) is 0. The van der Waals surface area contributed by atoms with E-state index >= 15 is 0 Å². The highest BCUT2D eigenvalue weighted by molar-refractivity contribution is 5.35. The van der Waals surface area contributed by atoms with Crippen molar-refractivity contribution in [1.82, 2.24) is 0 Å². The quantitative estimate of drug-likeness (QED) is 0.498. The Balaban J connectivity index is 2.06. The summed E-state index contributed by atoms with van der Waals surface area (Å²) in [6.07, 6.45) is 3.03. The molecule has 0 heterocycles. The Bertz CT molecular complexity index is 242. The maximum Gasteiger partial charge on any atom is -0.0207 e. The SMILES string of the molecule is CC1CC2(C)C3(C)CC3C12C. The van der Waals surface area contributed by atoms with Crippen molar-refractivity contribution in [2.75, 3.05) is 0 Å². The van der Waals surface area contributed by atoms with Crippen molar-refractivity contribution in [2.24, 2.45) is 28.1 Å². The fraction of sp³-hybridized carbons (Fsp3) is 1.00. The highest BCUT2D eigenvalue weighted by Crippen LogP contribution is 2.94. The lowest BCUT2D eigenvalue weighted by Crippen LogP contribution is -2.67. The van der Waals surface area contributed by atoms with Crippen LogP contribution in [0, 0.1) is 28.1 Å². The highest BCUT2D eigenvalue weighted by atomic mass is 14.9. The minimum absolute atomic E-state index is 0.740. The van der Waals surface area contributed by atoms with E-state index in [1.54, 1.807) is 0 Å². The summed E-state index contributed by atoms with van der Waals surface area (Å²) in [5, 5.41) is 0. The first-order valence-corrected chi connectivity index (χ1v) is 4.97. The van der Waals surface area contributed by atoms with Gasteiger partial charge in [0.15, 0.2) is 0 Å². The van der Waals surface area contributed by atoms with Crippen LogP contribution in [0.3, 0.4) is 0 Å². The molecule has 0 aromatic carbocycles. The molecule has 0 bridgehead atoms. The third-order valence-corrected chi connectivity index (χ3v) is 6.15. The molecule has 3 aliphatic rings. The minimum Gasteiger partial charge on any atom is -0.0619 e. The smallest absolute Gasteiger partial charge is 0.0207 e. The Morgan fingerprint density at radius 1 is 1.09 bits per heavy atom. The lowest BCUT2D eigenvalue weighted by molar-refractivity contribution is -0.252. The van der Waals surface area contributed by atoms with E-state index in [9.17, 15) is 0 Å². The molecule has 0 radical (unpaired) electrons. The third kappa shape index (κ3) is 0.331. The maximum absolute atomic E-state index is 2.53. The maximum atomic E-state index is 2.53. The number of fused-ring (bicyclic) bond motifs is 4. The summed E-state index contributed by atoms with van der Waals surface area (Å²) in [6.45, 7) is 10.0. The first kappa shape index (κ1) is 6.51. The van der Waals surface area contributed by atoms with Crippen LogP contribution in [-0.4, -0.2) is 0 Å². The van der Waals surface area contributed by atoms with Crippen molar-refractivity contribution in [1.29, 1.82) is 0 Å². The van der Waals surface area contributed by atoms with E-state index in [4.69, 9.17) is 0 Å². The van der Waals surface area contributed by atoms with Gasteiger partial charge in [0.25, 0.3) is 0 Å². The molecule has 3 fully saturated rings. The third-order valence-electron chi connectivity index (χ3n) is 6.15. The Morgan fingerprint density at radius 3 is 2.09 bits per heavy atom. The molecule has 0 nitrogen and oxygen atoms in total. The van der Waals surface area contributed by atoms with Gasteiger partial charge in [0, 0.05) is 0 Å². The molecule has 3 saturated carbocycles. The van der Waals surface area contributed by atoms with Gasteiger partial charge in [-0.25, -0.2) is 0 Å². The zero-order chi connectivity index (χ0) is 8.07. The van der Waals surface area contributed by atoms with Crippen molar-refractivity contribution >= 4 is 0 Å². The summed E-state index contributed by atoms with van der Waals surface area (Å²) in [5.41, 5.74) is 2.28. The van der Waals surface area contributed by atoms with Gasteiger partial charge in [0.1, 0.15) is 0 Å². The van der Waals surface area contributed by atoms with Gasteiger partial charge < -0.3 is 0 Å². The number of hydrogen-bond donors (Lipinski definition) is 0. The predicted molar refractivity (Wildman–Crippen MR) is 46.2 cm³/mol. The summed E-state index contributed by atoms with van der Waals surface area (Å²) >= 11 is 0. The van der Waals surface area contributed by atoms with Gasteiger partial charge in [0.2, 0.25) is 0 Å². The average molecular weight is 150 g/mol. The zero-order valence-corrected chi connectivity index (χ0v) is 8.07. The van der Waals surface area contributed by atoms with Crippen LogP contribution in [0.2, 0.25) is 0 Å². The van der Waals surface area contributed by atoms with Gasteiger partial charge >= 0.3 is 0 Å². The molecular formula is C11H18. The van der Waals surface area contributed by atoms with Gasteiger partial charge in [-0.1, -0.05) is 27.7 Å². The molecule has 0 aromatic heterocycles. The van der Waals surface area contributed by atoms with Gasteiger partial charge in [-0.3, -0.25) is 0 Å². The van der Waals surface area contributed by atoms with Crippen LogP contribution in [0.15, 0.2) is 0 Å². The van der Waals surface area contributed by atoms with Crippen LogP contribution in [0.25, 0.3) is 0 Å². The summed E-state index contributed by atoms with van der Waals surface area (Å²) in [4.78, 5) is 0. The summed E-state index contributed by atoms with van der Waals surface area (Å²) < 4.78 is 0. The van der Waals surface area contributed by atoms with Crippen LogP contribution in [0.5, 0.6) is 0 Å². The average Bonchev–Trinajstić information content (AvgIpc) is 2.60. The lowest BCUT2D eigenvalue weighted by Gasteiger charge is -2.73. The number of hydrogen-bond acceptors (Lipinski definition) is 0. The fourth-order valence-corrected chi connectivity index (χ4v) is 4.80. The van der Waals surface area contributed by atoms with Crippen molar-refractivity contribution in [3.63, 3.8) is 0 Å². The molecule has 3 rings (SSSR count). The standard InChI is InChI=1S/C11H18/c1-7-5-10(3)9(2)6-8(9)11(7,10)4/h7-8H,5-6H2,1-4H3. The topological polar surface area (TPSA) is 0 Å². The van der Waals surface area contributed by atoms with Gasteiger partial charge in [0.05, 0.1) is 0 Å². The van der Waals surface area contributed by atoms with Crippen molar-refractivity contribution in [3.8, 4) is 0 Å².